The number of nitrogens with zero attached hydrogens (tertiary/aromatic N) is 1. The van der Waals surface area contributed by atoms with E-state index in [1.165, 1.54) is 5.56 Å². The van der Waals surface area contributed by atoms with E-state index in [0.717, 1.165) is 45.3 Å². The van der Waals surface area contributed by atoms with E-state index < -0.39 is 0 Å². The molecule has 3 rings (SSSR count). The van der Waals surface area contributed by atoms with Gasteiger partial charge in [0.15, 0.2) is 0 Å². The zero-order valence-electron chi connectivity index (χ0n) is 13.1. The largest absolute Gasteiger partial charge is 0.396 e. The minimum absolute atomic E-state index is 0.00590. The molecule has 0 spiro atoms. The molecule has 2 aliphatic rings. The van der Waals surface area contributed by atoms with Crippen molar-refractivity contribution in [1.82, 2.24) is 10.2 Å². The topological polar surface area (TPSA) is 52.6 Å². The summed E-state index contributed by atoms with van der Waals surface area (Å²) in [5.74, 6) is 0.254. The molecular formula is C18H26N2O2. The van der Waals surface area contributed by atoms with Gasteiger partial charge in [0.2, 0.25) is 5.91 Å². The summed E-state index contributed by atoms with van der Waals surface area (Å²) in [6.45, 7) is 3.66. The third kappa shape index (κ3) is 3.87. The molecular weight excluding hydrogens is 276 g/mol. The monoisotopic (exact) mass is 302 g/mol. The van der Waals surface area contributed by atoms with Crippen LogP contribution in [0.25, 0.3) is 0 Å². The van der Waals surface area contributed by atoms with Gasteiger partial charge in [0, 0.05) is 25.0 Å². The zero-order valence-corrected chi connectivity index (χ0v) is 13.1. The van der Waals surface area contributed by atoms with Crippen molar-refractivity contribution in [3.63, 3.8) is 0 Å². The SMILES string of the molecule is O=C(NCC1(CO)CC1)C1CCCN(Cc2ccccc2)C1. The minimum atomic E-state index is -0.00590. The lowest BCUT2D eigenvalue weighted by molar-refractivity contribution is -0.127. The number of carbonyl (C=O) groups is 1. The summed E-state index contributed by atoms with van der Waals surface area (Å²) in [6, 6.07) is 10.4. The molecule has 1 saturated carbocycles. The number of aliphatic hydroxyl groups is 1. The molecule has 2 N–H and O–H groups in total. The van der Waals surface area contributed by atoms with Crippen molar-refractivity contribution in [2.24, 2.45) is 11.3 Å². The highest BCUT2D eigenvalue weighted by Gasteiger charge is 2.42. The van der Waals surface area contributed by atoms with Crippen LogP contribution in [0.5, 0.6) is 0 Å². The van der Waals surface area contributed by atoms with Crippen LogP contribution < -0.4 is 5.32 Å². The van der Waals surface area contributed by atoms with E-state index in [4.69, 9.17) is 0 Å². The Morgan fingerprint density at radius 1 is 1.32 bits per heavy atom. The van der Waals surface area contributed by atoms with Crippen LogP contribution in [-0.2, 0) is 11.3 Å². The first-order valence-corrected chi connectivity index (χ1v) is 8.36. The molecule has 0 aromatic heterocycles. The molecule has 4 heteroatoms. The number of likely N-dealkylation sites (tertiary alicyclic amines) is 1. The Hall–Kier alpha value is -1.39. The fourth-order valence-electron chi connectivity index (χ4n) is 3.24. The van der Waals surface area contributed by atoms with Gasteiger partial charge < -0.3 is 10.4 Å². The maximum atomic E-state index is 12.4. The van der Waals surface area contributed by atoms with Crippen molar-refractivity contribution >= 4 is 5.91 Å². The molecule has 1 aliphatic heterocycles. The lowest BCUT2D eigenvalue weighted by Crippen LogP contribution is -2.44. The standard InChI is InChI=1S/C18H26N2O2/c21-14-18(8-9-18)13-19-17(22)16-7-4-10-20(12-16)11-15-5-2-1-3-6-15/h1-3,5-6,16,21H,4,7-14H2,(H,19,22). The van der Waals surface area contributed by atoms with Gasteiger partial charge in [-0.2, -0.15) is 0 Å². The van der Waals surface area contributed by atoms with Crippen molar-refractivity contribution in [3.05, 3.63) is 35.9 Å². The normalized spacial score (nSPS) is 24.0. The number of benzene rings is 1. The Bertz CT molecular complexity index is 499. The van der Waals surface area contributed by atoms with Crippen LogP contribution in [0.4, 0.5) is 0 Å². The second-order valence-electron chi connectivity index (χ2n) is 6.94. The number of piperidine rings is 1. The first-order chi connectivity index (χ1) is 10.7. The van der Waals surface area contributed by atoms with Gasteiger partial charge >= 0.3 is 0 Å². The average molecular weight is 302 g/mol. The first kappa shape index (κ1) is 15.5. The minimum Gasteiger partial charge on any atom is -0.396 e. The Morgan fingerprint density at radius 3 is 2.77 bits per heavy atom. The molecule has 0 radical (unpaired) electrons. The molecule has 4 nitrogen and oxygen atoms in total. The maximum absolute atomic E-state index is 12.4. The molecule has 1 unspecified atom stereocenters. The molecule has 1 amide bonds. The summed E-state index contributed by atoms with van der Waals surface area (Å²) < 4.78 is 0. The molecule has 1 aromatic carbocycles. The number of nitrogens with one attached hydrogen (secondary N) is 1. The van der Waals surface area contributed by atoms with Gasteiger partial charge in [0.1, 0.15) is 0 Å². The highest BCUT2D eigenvalue weighted by atomic mass is 16.3. The Kier molecular flexibility index (Phi) is 4.79. The van der Waals surface area contributed by atoms with Crippen LogP contribution in [0.1, 0.15) is 31.2 Å². The second-order valence-corrected chi connectivity index (χ2v) is 6.94. The van der Waals surface area contributed by atoms with E-state index in [1.807, 2.05) is 6.07 Å². The number of aliphatic hydroxyl groups excluding tert-OH is 1. The smallest absolute Gasteiger partial charge is 0.224 e. The molecule has 1 aliphatic carbocycles. The summed E-state index contributed by atoms with van der Waals surface area (Å²) in [5, 5.41) is 12.4. The van der Waals surface area contributed by atoms with Crippen molar-refractivity contribution in [2.45, 2.75) is 32.2 Å². The molecule has 1 saturated heterocycles. The van der Waals surface area contributed by atoms with Crippen LogP contribution in [0, 0.1) is 11.3 Å². The van der Waals surface area contributed by atoms with Crippen LogP contribution in [0.2, 0.25) is 0 Å². The second kappa shape index (κ2) is 6.80. The van der Waals surface area contributed by atoms with E-state index >= 15 is 0 Å². The van der Waals surface area contributed by atoms with Crippen LogP contribution in [0.3, 0.4) is 0 Å². The Balaban J connectivity index is 1.48. The van der Waals surface area contributed by atoms with Crippen molar-refractivity contribution in [3.8, 4) is 0 Å². The Labute approximate surface area is 132 Å². The molecule has 1 atom stereocenters. The zero-order chi connectivity index (χ0) is 15.4. The average Bonchev–Trinajstić information content (AvgIpc) is 3.34. The van der Waals surface area contributed by atoms with Gasteiger partial charge in [0.05, 0.1) is 12.5 Å². The highest BCUT2D eigenvalue weighted by molar-refractivity contribution is 5.79. The van der Waals surface area contributed by atoms with Crippen LogP contribution >= 0.6 is 0 Å². The summed E-state index contributed by atoms with van der Waals surface area (Å²) in [6.07, 6.45) is 4.13. The van der Waals surface area contributed by atoms with E-state index in [0.29, 0.717) is 6.54 Å². The number of amides is 1. The number of rotatable bonds is 6. The van der Waals surface area contributed by atoms with Crippen LogP contribution in [-0.4, -0.2) is 42.2 Å². The number of hydrogen-bond donors (Lipinski definition) is 2. The van der Waals surface area contributed by atoms with E-state index in [2.05, 4.69) is 34.5 Å². The first-order valence-electron chi connectivity index (χ1n) is 8.36. The molecule has 1 aromatic rings. The van der Waals surface area contributed by atoms with E-state index in [9.17, 15) is 9.90 Å². The third-order valence-electron chi connectivity index (χ3n) is 5.06. The fourth-order valence-corrected chi connectivity index (χ4v) is 3.24. The van der Waals surface area contributed by atoms with Crippen molar-refractivity contribution in [2.75, 3.05) is 26.2 Å². The molecule has 0 bridgehead atoms. The molecule has 1 heterocycles. The number of carbonyl (C=O) groups excluding carboxylic acids is 1. The summed E-state index contributed by atoms with van der Waals surface area (Å²) in [4.78, 5) is 14.7. The number of hydrogen-bond acceptors (Lipinski definition) is 3. The molecule has 120 valence electrons. The lowest BCUT2D eigenvalue weighted by atomic mass is 9.96. The van der Waals surface area contributed by atoms with Crippen molar-refractivity contribution in [1.29, 1.82) is 0 Å². The van der Waals surface area contributed by atoms with E-state index in [1.54, 1.807) is 0 Å². The van der Waals surface area contributed by atoms with Gasteiger partial charge in [-0.05, 0) is 37.8 Å². The summed E-state index contributed by atoms with van der Waals surface area (Å²) >= 11 is 0. The van der Waals surface area contributed by atoms with Crippen LogP contribution in [0.15, 0.2) is 30.3 Å². The fraction of sp³-hybridized carbons (Fsp3) is 0.611. The predicted octanol–water partition coefficient (Wildman–Crippen LogP) is 1.79. The molecule has 2 fully saturated rings. The Morgan fingerprint density at radius 2 is 2.09 bits per heavy atom. The van der Waals surface area contributed by atoms with Gasteiger partial charge in [0.25, 0.3) is 0 Å². The predicted molar refractivity (Wildman–Crippen MR) is 86.2 cm³/mol. The summed E-state index contributed by atoms with van der Waals surface area (Å²) in [7, 11) is 0. The van der Waals surface area contributed by atoms with Crippen molar-refractivity contribution < 1.29 is 9.90 Å². The highest BCUT2D eigenvalue weighted by Crippen LogP contribution is 2.44. The van der Waals surface area contributed by atoms with Gasteiger partial charge in [-0.1, -0.05) is 30.3 Å². The molecule has 22 heavy (non-hydrogen) atoms. The van der Waals surface area contributed by atoms with Gasteiger partial charge in [-0.3, -0.25) is 9.69 Å². The lowest BCUT2D eigenvalue weighted by Gasteiger charge is -2.32. The maximum Gasteiger partial charge on any atom is 0.224 e. The third-order valence-corrected chi connectivity index (χ3v) is 5.06. The summed E-state index contributed by atoms with van der Waals surface area (Å²) in [5.41, 5.74) is 1.30. The quantitative estimate of drug-likeness (QED) is 0.842. The van der Waals surface area contributed by atoms with Gasteiger partial charge in [-0.15, -0.1) is 0 Å². The van der Waals surface area contributed by atoms with Gasteiger partial charge in [-0.25, -0.2) is 0 Å². The van der Waals surface area contributed by atoms with E-state index in [-0.39, 0.29) is 23.8 Å².